The van der Waals surface area contributed by atoms with Crippen LogP contribution in [0.1, 0.15) is 12.0 Å². The average molecular weight is 258 g/mol. The van der Waals surface area contributed by atoms with Gasteiger partial charge in [0.05, 0.1) is 6.07 Å². The second-order valence-corrected chi connectivity index (χ2v) is 3.58. The van der Waals surface area contributed by atoms with Gasteiger partial charge in [-0.3, -0.25) is 0 Å². The van der Waals surface area contributed by atoms with E-state index in [4.69, 9.17) is 10.00 Å². The molecule has 0 unspecified atom stereocenters. The second-order valence-electron chi connectivity index (χ2n) is 2.66. The van der Waals surface area contributed by atoms with Gasteiger partial charge in [0, 0.05) is 10.9 Å². The number of nitriles is 1. The molecule has 0 aromatic heterocycles. The Morgan fingerprint density at radius 1 is 1.50 bits per heavy atom. The molecule has 1 rings (SSSR count). The van der Waals surface area contributed by atoms with Crippen LogP contribution in [0.3, 0.4) is 0 Å². The Labute approximate surface area is 90.4 Å². The first-order chi connectivity index (χ1) is 6.77. The van der Waals surface area contributed by atoms with Crippen LogP contribution in [-0.4, -0.2) is 6.86 Å². The van der Waals surface area contributed by atoms with Gasteiger partial charge in [0.25, 0.3) is 0 Å². The first-order valence-electron chi connectivity index (χ1n) is 4.12. The van der Waals surface area contributed by atoms with Gasteiger partial charge >= 0.3 is 0 Å². The molecule has 1 aromatic carbocycles. The van der Waals surface area contributed by atoms with E-state index in [1.54, 1.807) is 12.1 Å². The Morgan fingerprint density at radius 3 is 2.93 bits per heavy atom. The maximum absolute atomic E-state index is 12.0. The third-order valence-corrected chi connectivity index (χ3v) is 2.23. The van der Waals surface area contributed by atoms with Crippen molar-refractivity contribution in [1.29, 1.82) is 5.26 Å². The summed E-state index contributed by atoms with van der Waals surface area (Å²) in [6, 6.07) is 7.35. The predicted molar refractivity (Wildman–Crippen MR) is 54.7 cm³/mol. The van der Waals surface area contributed by atoms with Crippen LogP contribution in [-0.2, 0) is 6.42 Å². The molecule has 0 aliphatic heterocycles. The van der Waals surface area contributed by atoms with Crippen molar-refractivity contribution in [2.24, 2.45) is 0 Å². The zero-order valence-corrected chi connectivity index (χ0v) is 9.05. The maximum Gasteiger partial charge on any atom is 0.228 e. The average Bonchev–Trinajstić information content (AvgIpc) is 2.18. The maximum atomic E-state index is 12.0. The van der Waals surface area contributed by atoms with E-state index in [9.17, 15) is 4.39 Å². The summed E-state index contributed by atoms with van der Waals surface area (Å²) in [5, 5.41) is 8.44. The summed E-state index contributed by atoms with van der Waals surface area (Å²) in [7, 11) is 0. The standard InChI is InChI=1S/C10H9BrFNO/c11-9-3-4-10(14-7-12)8(6-9)2-1-5-13/h3-4,6H,1-2,7H2. The smallest absolute Gasteiger partial charge is 0.228 e. The number of aryl methyl sites for hydroxylation is 1. The molecule has 0 aliphatic rings. The van der Waals surface area contributed by atoms with Crippen LogP contribution < -0.4 is 4.74 Å². The number of hydrogen-bond acceptors (Lipinski definition) is 2. The summed E-state index contributed by atoms with van der Waals surface area (Å²) in [5.74, 6) is 0.506. The van der Waals surface area contributed by atoms with E-state index in [0.717, 1.165) is 10.0 Å². The Morgan fingerprint density at radius 2 is 2.29 bits per heavy atom. The third-order valence-electron chi connectivity index (χ3n) is 1.74. The summed E-state index contributed by atoms with van der Waals surface area (Å²) in [6.07, 6.45) is 0.977. The summed E-state index contributed by atoms with van der Waals surface area (Å²) in [4.78, 5) is 0. The molecule has 0 fully saturated rings. The lowest BCUT2D eigenvalue weighted by molar-refractivity contribution is 0.190. The van der Waals surface area contributed by atoms with Crippen molar-refractivity contribution >= 4 is 15.9 Å². The van der Waals surface area contributed by atoms with E-state index in [-0.39, 0.29) is 0 Å². The Bertz CT molecular complexity index is 348. The Hall–Kier alpha value is -1.08. The van der Waals surface area contributed by atoms with Crippen molar-refractivity contribution in [2.75, 3.05) is 6.86 Å². The highest BCUT2D eigenvalue weighted by Crippen LogP contribution is 2.24. The molecule has 0 N–H and O–H groups in total. The molecule has 0 saturated heterocycles. The molecule has 74 valence electrons. The summed E-state index contributed by atoms with van der Waals surface area (Å²) in [5.41, 5.74) is 0.846. The molecule has 1 aromatic rings. The lowest BCUT2D eigenvalue weighted by atomic mass is 10.1. The van der Waals surface area contributed by atoms with Crippen molar-refractivity contribution in [1.82, 2.24) is 0 Å². The number of nitrogens with zero attached hydrogens (tertiary/aromatic N) is 1. The normalized spacial score (nSPS) is 9.50. The van der Waals surface area contributed by atoms with E-state index in [2.05, 4.69) is 15.9 Å². The van der Waals surface area contributed by atoms with Crippen molar-refractivity contribution < 1.29 is 9.13 Å². The fourth-order valence-electron chi connectivity index (χ4n) is 1.13. The van der Waals surface area contributed by atoms with Gasteiger partial charge in [-0.25, -0.2) is 4.39 Å². The van der Waals surface area contributed by atoms with Gasteiger partial charge in [-0.15, -0.1) is 0 Å². The van der Waals surface area contributed by atoms with Gasteiger partial charge in [0.1, 0.15) is 5.75 Å². The number of halogens is 2. The van der Waals surface area contributed by atoms with Gasteiger partial charge in [-0.05, 0) is 30.2 Å². The molecule has 0 aliphatic carbocycles. The summed E-state index contributed by atoms with van der Waals surface area (Å²) in [6.45, 7) is -0.846. The van der Waals surface area contributed by atoms with Gasteiger partial charge in [-0.2, -0.15) is 5.26 Å². The number of rotatable bonds is 4. The lowest BCUT2D eigenvalue weighted by Crippen LogP contribution is -1.95. The highest BCUT2D eigenvalue weighted by atomic mass is 79.9. The van der Waals surface area contributed by atoms with Gasteiger partial charge in [0.2, 0.25) is 6.86 Å². The summed E-state index contributed by atoms with van der Waals surface area (Å²) >= 11 is 3.31. The molecule has 4 heteroatoms. The van der Waals surface area contributed by atoms with E-state index in [1.165, 1.54) is 0 Å². The zero-order chi connectivity index (χ0) is 10.4. The van der Waals surface area contributed by atoms with E-state index >= 15 is 0 Å². The molecule has 2 nitrogen and oxygen atoms in total. The van der Waals surface area contributed by atoms with Crippen LogP contribution in [0, 0.1) is 11.3 Å². The Kier molecular flexibility index (Phi) is 4.41. The molecule has 0 heterocycles. The monoisotopic (exact) mass is 257 g/mol. The molecule has 0 atom stereocenters. The second kappa shape index (κ2) is 5.61. The number of alkyl halides is 1. The van der Waals surface area contributed by atoms with Crippen LogP contribution >= 0.6 is 15.9 Å². The first kappa shape index (κ1) is 11.0. The molecule has 0 radical (unpaired) electrons. The highest BCUT2D eigenvalue weighted by Gasteiger charge is 2.04. The molecule has 0 saturated carbocycles. The van der Waals surface area contributed by atoms with E-state index in [1.807, 2.05) is 12.1 Å². The van der Waals surface area contributed by atoms with Gasteiger partial charge in [0.15, 0.2) is 0 Å². The fraction of sp³-hybridized carbons (Fsp3) is 0.300. The lowest BCUT2D eigenvalue weighted by Gasteiger charge is -2.07. The molecule has 0 amide bonds. The van der Waals surface area contributed by atoms with E-state index < -0.39 is 6.86 Å². The Balaban J connectivity index is 2.86. The van der Waals surface area contributed by atoms with Gasteiger partial charge < -0.3 is 4.74 Å². The van der Waals surface area contributed by atoms with Crippen molar-refractivity contribution in [3.05, 3.63) is 28.2 Å². The topological polar surface area (TPSA) is 33.0 Å². The van der Waals surface area contributed by atoms with E-state index in [0.29, 0.717) is 18.6 Å². The number of ether oxygens (including phenoxy) is 1. The van der Waals surface area contributed by atoms with Crippen LogP contribution in [0.4, 0.5) is 4.39 Å². The molecule has 14 heavy (non-hydrogen) atoms. The minimum Gasteiger partial charge on any atom is -0.463 e. The van der Waals surface area contributed by atoms with Crippen LogP contribution in [0.15, 0.2) is 22.7 Å². The van der Waals surface area contributed by atoms with Crippen molar-refractivity contribution in [2.45, 2.75) is 12.8 Å². The third kappa shape index (κ3) is 3.00. The molecule has 0 spiro atoms. The zero-order valence-electron chi connectivity index (χ0n) is 7.46. The minimum atomic E-state index is -0.846. The van der Waals surface area contributed by atoms with Gasteiger partial charge in [-0.1, -0.05) is 15.9 Å². The highest BCUT2D eigenvalue weighted by molar-refractivity contribution is 9.10. The van der Waals surface area contributed by atoms with Crippen LogP contribution in [0.25, 0.3) is 0 Å². The molecule has 0 bridgehead atoms. The molecular weight excluding hydrogens is 249 g/mol. The predicted octanol–water partition coefficient (Wildman–Crippen LogP) is 3.21. The molecular formula is C10H9BrFNO. The summed E-state index contributed by atoms with van der Waals surface area (Å²) < 4.78 is 17.7. The fourth-order valence-corrected chi connectivity index (χ4v) is 1.54. The first-order valence-corrected chi connectivity index (χ1v) is 4.91. The minimum absolute atomic E-state index is 0.402. The van der Waals surface area contributed by atoms with Crippen molar-refractivity contribution in [3.8, 4) is 11.8 Å². The quantitative estimate of drug-likeness (QED) is 0.830. The SMILES string of the molecule is N#CCCc1cc(Br)ccc1OCF. The van der Waals surface area contributed by atoms with Crippen LogP contribution in [0.5, 0.6) is 5.75 Å². The van der Waals surface area contributed by atoms with Crippen molar-refractivity contribution in [3.63, 3.8) is 0 Å². The number of benzene rings is 1. The van der Waals surface area contributed by atoms with Crippen LogP contribution in [0.2, 0.25) is 0 Å². The largest absolute Gasteiger partial charge is 0.463 e. The number of hydrogen-bond donors (Lipinski definition) is 0.